The second-order valence-corrected chi connectivity index (χ2v) is 8.51. The van der Waals surface area contributed by atoms with Gasteiger partial charge in [0.05, 0.1) is 18.7 Å². The van der Waals surface area contributed by atoms with Gasteiger partial charge >= 0.3 is 0 Å². The van der Waals surface area contributed by atoms with E-state index in [1.165, 1.54) is 12.0 Å². The van der Waals surface area contributed by atoms with Crippen molar-refractivity contribution in [1.82, 2.24) is 9.88 Å². The van der Waals surface area contributed by atoms with Crippen LogP contribution in [0.1, 0.15) is 30.1 Å². The van der Waals surface area contributed by atoms with Crippen molar-refractivity contribution in [3.8, 4) is 5.75 Å². The minimum atomic E-state index is -0.524. The van der Waals surface area contributed by atoms with Gasteiger partial charge in [0.25, 0.3) is 0 Å². The Kier molecular flexibility index (Phi) is 5.28. The molecule has 4 heteroatoms. The van der Waals surface area contributed by atoms with Gasteiger partial charge in [-0.2, -0.15) is 0 Å². The van der Waals surface area contributed by atoms with E-state index in [4.69, 9.17) is 4.74 Å². The van der Waals surface area contributed by atoms with Gasteiger partial charge in [-0.3, -0.25) is 9.88 Å². The van der Waals surface area contributed by atoms with Crippen LogP contribution >= 0.6 is 0 Å². The summed E-state index contributed by atoms with van der Waals surface area (Å²) in [5.74, 6) is 1.97. The molecule has 5 atom stereocenters. The number of piperidine rings is 3. The fraction of sp³-hybridized carbons (Fsp3) is 0.346. The summed E-state index contributed by atoms with van der Waals surface area (Å²) >= 11 is 0. The lowest BCUT2D eigenvalue weighted by Crippen LogP contribution is -2.54. The molecule has 0 amide bonds. The number of aliphatic hydroxyl groups excluding tert-OH is 1. The monoisotopic (exact) mass is 400 g/mol. The largest absolute Gasteiger partial charge is 0.497 e. The fourth-order valence-corrected chi connectivity index (χ4v) is 5.19. The minimum Gasteiger partial charge on any atom is -0.497 e. The van der Waals surface area contributed by atoms with Crippen molar-refractivity contribution >= 4 is 17.0 Å². The summed E-state index contributed by atoms with van der Waals surface area (Å²) in [4.78, 5) is 6.95. The second-order valence-electron chi connectivity index (χ2n) is 8.51. The smallest absolute Gasteiger partial charge is 0.119 e. The predicted molar refractivity (Wildman–Crippen MR) is 120 cm³/mol. The third-order valence-corrected chi connectivity index (χ3v) is 6.85. The highest BCUT2D eigenvalue weighted by molar-refractivity contribution is 5.84. The van der Waals surface area contributed by atoms with Gasteiger partial charge in [-0.1, -0.05) is 42.5 Å². The van der Waals surface area contributed by atoms with Crippen LogP contribution < -0.4 is 4.74 Å². The number of methoxy groups -OCH3 is 1. The zero-order chi connectivity index (χ0) is 20.5. The van der Waals surface area contributed by atoms with Crippen molar-refractivity contribution in [1.29, 1.82) is 0 Å². The molecule has 3 aliphatic rings. The lowest BCUT2D eigenvalue weighted by molar-refractivity contribution is -0.0444. The van der Waals surface area contributed by atoms with E-state index in [1.54, 1.807) is 13.3 Å². The highest BCUT2D eigenvalue weighted by atomic mass is 16.5. The summed E-state index contributed by atoms with van der Waals surface area (Å²) in [6, 6.07) is 18.5. The first-order valence-electron chi connectivity index (χ1n) is 10.8. The zero-order valence-electron chi connectivity index (χ0n) is 17.3. The highest BCUT2D eigenvalue weighted by Gasteiger charge is 2.42. The molecule has 0 aliphatic carbocycles. The van der Waals surface area contributed by atoms with Crippen LogP contribution in [0.2, 0.25) is 0 Å². The van der Waals surface area contributed by atoms with Crippen LogP contribution in [-0.2, 0) is 0 Å². The summed E-state index contributed by atoms with van der Waals surface area (Å²) in [7, 11) is 1.67. The Bertz CT molecular complexity index is 1050. The van der Waals surface area contributed by atoms with E-state index in [2.05, 4.69) is 52.4 Å². The van der Waals surface area contributed by atoms with Gasteiger partial charge in [0, 0.05) is 24.2 Å². The summed E-state index contributed by atoms with van der Waals surface area (Å²) in [6.07, 6.45) is 8.14. The average Bonchev–Trinajstić information content (AvgIpc) is 2.82. The quantitative estimate of drug-likeness (QED) is 0.674. The van der Waals surface area contributed by atoms with Crippen LogP contribution in [0.15, 0.2) is 66.9 Å². The number of hydrogen-bond donors (Lipinski definition) is 1. The summed E-state index contributed by atoms with van der Waals surface area (Å²) in [5, 5.41) is 12.4. The highest BCUT2D eigenvalue weighted by Crippen LogP contribution is 2.42. The van der Waals surface area contributed by atoms with Gasteiger partial charge in [-0.25, -0.2) is 0 Å². The number of nitrogens with zero attached hydrogens (tertiary/aromatic N) is 2. The van der Waals surface area contributed by atoms with Crippen molar-refractivity contribution in [2.75, 3.05) is 20.2 Å². The number of pyridine rings is 1. The number of hydrogen-bond acceptors (Lipinski definition) is 4. The maximum Gasteiger partial charge on any atom is 0.119 e. The number of fused-ring (bicyclic) bond motifs is 4. The molecule has 1 aromatic heterocycles. The SMILES string of the molecule is COc1ccc2nccc([C@@H](O)[C@H]3C[C@H]4CCN3C[C@@H]4/C=C/c3ccccc3)c2c1. The van der Waals surface area contributed by atoms with E-state index < -0.39 is 6.10 Å². The molecule has 2 aromatic carbocycles. The number of ether oxygens (including phenoxy) is 1. The Morgan fingerprint density at radius 1 is 1.17 bits per heavy atom. The third-order valence-electron chi connectivity index (χ3n) is 6.85. The molecule has 3 fully saturated rings. The fourth-order valence-electron chi connectivity index (χ4n) is 5.19. The topological polar surface area (TPSA) is 45.6 Å². The molecule has 1 N–H and O–H groups in total. The van der Waals surface area contributed by atoms with E-state index in [1.807, 2.05) is 24.3 Å². The van der Waals surface area contributed by atoms with Crippen molar-refractivity contribution in [2.24, 2.45) is 11.8 Å². The third kappa shape index (κ3) is 3.62. The molecular weight excluding hydrogens is 372 g/mol. The minimum absolute atomic E-state index is 0.155. The van der Waals surface area contributed by atoms with Crippen molar-refractivity contribution < 1.29 is 9.84 Å². The molecule has 6 rings (SSSR count). The number of aromatic nitrogens is 1. The van der Waals surface area contributed by atoms with Crippen molar-refractivity contribution in [2.45, 2.75) is 25.0 Å². The predicted octanol–water partition coefficient (Wildman–Crippen LogP) is 4.70. The van der Waals surface area contributed by atoms with E-state index >= 15 is 0 Å². The molecule has 0 radical (unpaired) electrons. The van der Waals surface area contributed by atoms with Crippen LogP contribution in [0.4, 0.5) is 0 Å². The molecule has 4 nitrogen and oxygen atoms in total. The molecule has 3 aliphatic heterocycles. The lowest BCUT2D eigenvalue weighted by atomic mass is 9.73. The van der Waals surface area contributed by atoms with Crippen LogP contribution in [0.25, 0.3) is 17.0 Å². The normalized spacial score (nSPS) is 26.9. The second kappa shape index (κ2) is 8.21. The van der Waals surface area contributed by atoms with Gasteiger partial charge in [0.1, 0.15) is 5.75 Å². The standard InChI is InChI=1S/C26H28N2O2/c1-30-21-9-10-24-23(16-21)22(11-13-27-24)26(29)25-15-19-12-14-28(25)17-20(19)8-7-18-5-3-2-4-6-18/h2-11,13,16,19-20,25-26,29H,12,14-15,17H2,1H3/b8-7+/t19-,20+,25-,26-/m1/s1. The molecule has 3 saturated heterocycles. The molecule has 4 heterocycles. The van der Waals surface area contributed by atoms with E-state index in [0.29, 0.717) is 11.8 Å². The Morgan fingerprint density at radius 3 is 2.80 bits per heavy atom. The van der Waals surface area contributed by atoms with Crippen LogP contribution in [0, 0.1) is 11.8 Å². The Balaban J connectivity index is 1.37. The molecule has 0 saturated carbocycles. The van der Waals surface area contributed by atoms with E-state index in [0.717, 1.165) is 41.7 Å². The zero-order valence-corrected chi connectivity index (χ0v) is 17.3. The first-order chi connectivity index (χ1) is 14.7. The number of benzene rings is 2. The molecule has 0 spiro atoms. The summed E-state index contributed by atoms with van der Waals surface area (Å²) < 4.78 is 5.40. The van der Waals surface area contributed by atoms with Crippen molar-refractivity contribution in [3.63, 3.8) is 0 Å². The summed E-state index contributed by atoms with van der Waals surface area (Å²) in [5.41, 5.74) is 3.10. The molecule has 2 bridgehead atoms. The first-order valence-corrected chi connectivity index (χ1v) is 10.8. The van der Waals surface area contributed by atoms with Gasteiger partial charge in [0.2, 0.25) is 0 Å². The van der Waals surface area contributed by atoms with E-state index in [-0.39, 0.29) is 6.04 Å². The molecular formula is C26H28N2O2. The van der Waals surface area contributed by atoms with Gasteiger partial charge in [0.15, 0.2) is 0 Å². The van der Waals surface area contributed by atoms with Gasteiger partial charge < -0.3 is 9.84 Å². The molecule has 154 valence electrons. The Morgan fingerprint density at radius 2 is 2.03 bits per heavy atom. The van der Waals surface area contributed by atoms with Gasteiger partial charge in [-0.15, -0.1) is 0 Å². The molecule has 30 heavy (non-hydrogen) atoms. The van der Waals surface area contributed by atoms with Crippen molar-refractivity contribution in [3.05, 3.63) is 78.0 Å². The average molecular weight is 401 g/mol. The lowest BCUT2D eigenvalue weighted by Gasteiger charge is -2.50. The maximum atomic E-state index is 11.4. The Hall–Kier alpha value is -2.69. The first kappa shape index (κ1) is 19.3. The van der Waals surface area contributed by atoms with Crippen LogP contribution in [-0.4, -0.2) is 41.2 Å². The number of rotatable bonds is 5. The number of aliphatic hydroxyl groups is 1. The van der Waals surface area contributed by atoms with Crippen LogP contribution in [0.3, 0.4) is 0 Å². The Labute approximate surface area is 177 Å². The maximum absolute atomic E-state index is 11.4. The molecule has 3 aromatic rings. The van der Waals surface area contributed by atoms with E-state index in [9.17, 15) is 5.11 Å². The van der Waals surface area contributed by atoms with Crippen LogP contribution in [0.5, 0.6) is 5.75 Å². The van der Waals surface area contributed by atoms with Gasteiger partial charge in [-0.05, 0) is 66.6 Å². The molecule has 1 unspecified atom stereocenters. The summed E-state index contributed by atoms with van der Waals surface area (Å²) in [6.45, 7) is 2.08.